The van der Waals surface area contributed by atoms with Gasteiger partial charge in [0.1, 0.15) is 0 Å². The molecule has 1 aliphatic rings. The lowest BCUT2D eigenvalue weighted by Gasteiger charge is -2.15. The molecular formula is C11H18N4O. The molecule has 1 saturated carbocycles. The minimum atomic E-state index is 0.657. The Bertz CT molecular complexity index is 323. The van der Waals surface area contributed by atoms with E-state index in [-0.39, 0.29) is 0 Å². The number of anilines is 1. The molecule has 0 bridgehead atoms. The maximum Gasteiger partial charge on any atom is 0.222 e. The van der Waals surface area contributed by atoms with Crippen molar-refractivity contribution in [1.29, 1.82) is 0 Å². The Labute approximate surface area is 95.8 Å². The molecule has 0 aliphatic heterocycles. The lowest BCUT2D eigenvalue weighted by molar-refractivity contribution is 0.337. The first-order valence-corrected chi connectivity index (χ1v) is 5.60. The lowest BCUT2D eigenvalue weighted by atomic mass is 10.5. The van der Waals surface area contributed by atoms with Crippen LogP contribution in [0.5, 0.6) is 5.75 Å². The normalized spacial score (nSPS) is 15.2. The molecule has 1 aromatic heterocycles. The van der Waals surface area contributed by atoms with Crippen molar-refractivity contribution in [3.63, 3.8) is 0 Å². The highest BCUT2D eigenvalue weighted by Crippen LogP contribution is 2.24. The average Bonchev–Trinajstić information content (AvgIpc) is 3.14. The van der Waals surface area contributed by atoms with Crippen molar-refractivity contribution in [3.8, 4) is 5.75 Å². The van der Waals surface area contributed by atoms with Gasteiger partial charge in [-0.25, -0.2) is 9.97 Å². The van der Waals surface area contributed by atoms with Crippen LogP contribution in [0.3, 0.4) is 0 Å². The number of nitrogens with zero attached hydrogens (tertiary/aromatic N) is 3. The van der Waals surface area contributed by atoms with E-state index in [9.17, 15) is 0 Å². The van der Waals surface area contributed by atoms with Gasteiger partial charge in [-0.3, -0.25) is 0 Å². The van der Waals surface area contributed by atoms with E-state index in [1.54, 1.807) is 19.5 Å². The van der Waals surface area contributed by atoms with Gasteiger partial charge in [-0.05, 0) is 19.9 Å². The molecule has 0 saturated heterocycles. The fraction of sp³-hybridized carbons (Fsp3) is 0.636. The van der Waals surface area contributed by atoms with Crippen LogP contribution in [0.4, 0.5) is 5.95 Å². The van der Waals surface area contributed by atoms with Crippen molar-refractivity contribution < 1.29 is 4.74 Å². The van der Waals surface area contributed by atoms with Crippen LogP contribution in [-0.2, 0) is 0 Å². The highest BCUT2D eigenvalue weighted by Gasteiger charge is 2.25. The van der Waals surface area contributed by atoms with Crippen molar-refractivity contribution >= 4 is 5.95 Å². The second-order valence-electron chi connectivity index (χ2n) is 4.09. The largest absolute Gasteiger partial charge is 0.494 e. The average molecular weight is 222 g/mol. The smallest absolute Gasteiger partial charge is 0.222 e. The maximum absolute atomic E-state index is 4.99. The monoisotopic (exact) mass is 222 g/mol. The molecule has 5 nitrogen and oxygen atoms in total. The highest BCUT2D eigenvalue weighted by atomic mass is 16.5. The predicted molar refractivity (Wildman–Crippen MR) is 62.7 cm³/mol. The molecule has 2 rings (SSSR count). The Morgan fingerprint density at radius 2 is 2.12 bits per heavy atom. The molecule has 5 heteroatoms. The number of likely N-dealkylation sites (N-methyl/N-ethyl adjacent to an activating group) is 1. The third-order valence-corrected chi connectivity index (χ3v) is 2.78. The van der Waals surface area contributed by atoms with Crippen molar-refractivity contribution in [3.05, 3.63) is 12.4 Å². The third-order valence-electron chi connectivity index (χ3n) is 2.78. The second kappa shape index (κ2) is 5.12. The van der Waals surface area contributed by atoms with Crippen LogP contribution < -0.4 is 10.1 Å². The number of nitrogens with one attached hydrogen (secondary N) is 1. The molecule has 1 N–H and O–H groups in total. The van der Waals surface area contributed by atoms with Crippen LogP contribution >= 0.6 is 0 Å². The number of hydrogen-bond donors (Lipinski definition) is 1. The summed E-state index contributed by atoms with van der Waals surface area (Å²) in [5.74, 6) is 1.34. The molecule has 0 unspecified atom stereocenters. The SMILES string of the molecule is COc1cnc(NCCN(C)C2CC2)nc1. The quantitative estimate of drug-likeness (QED) is 0.778. The molecule has 0 spiro atoms. The van der Waals surface area contributed by atoms with E-state index in [0.29, 0.717) is 11.7 Å². The summed E-state index contributed by atoms with van der Waals surface area (Å²) >= 11 is 0. The lowest BCUT2D eigenvalue weighted by Crippen LogP contribution is -2.27. The molecule has 1 aliphatic carbocycles. The first-order chi connectivity index (χ1) is 7.79. The summed E-state index contributed by atoms with van der Waals surface area (Å²) in [6.45, 7) is 1.90. The van der Waals surface area contributed by atoms with Gasteiger partial charge in [0.05, 0.1) is 19.5 Å². The Morgan fingerprint density at radius 3 is 2.69 bits per heavy atom. The summed E-state index contributed by atoms with van der Waals surface area (Å²) in [6.07, 6.45) is 6.02. The van der Waals surface area contributed by atoms with Crippen LogP contribution in [0, 0.1) is 0 Å². The molecule has 1 fully saturated rings. The fourth-order valence-corrected chi connectivity index (χ4v) is 1.55. The zero-order chi connectivity index (χ0) is 11.4. The molecular weight excluding hydrogens is 204 g/mol. The minimum absolute atomic E-state index is 0.657. The van der Waals surface area contributed by atoms with Crippen LogP contribution in [0.25, 0.3) is 0 Å². The summed E-state index contributed by atoms with van der Waals surface area (Å²) in [7, 11) is 3.77. The van der Waals surface area contributed by atoms with Gasteiger partial charge in [0.2, 0.25) is 5.95 Å². The van der Waals surface area contributed by atoms with Crippen molar-refractivity contribution in [1.82, 2.24) is 14.9 Å². The van der Waals surface area contributed by atoms with Gasteiger partial charge in [-0.15, -0.1) is 0 Å². The molecule has 0 amide bonds. The number of hydrogen-bond acceptors (Lipinski definition) is 5. The van der Waals surface area contributed by atoms with Crippen LogP contribution in [0.15, 0.2) is 12.4 Å². The standard InChI is InChI=1S/C11H18N4O/c1-15(9-3-4-9)6-5-12-11-13-7-10(16-2)8-14-11/h7-9H,3-6H2,1-2H3,(H,12,13,14). The maximum atomic E-state index is 4.99. The first-order valence-electron chi connectivity index (χ1n) is 5.60. The summed E-state index contributed by atoms with van der Waals surface area (Å²) in [5.41, 5.74) is 0. The number of methoxy groups -OCH3 is 1. The Kier molecular flexibility index (Phi) is 3.56. The van der Waals surface area contributed by atoms with Crippen LogP contribution in [0.1, 0.15) is 12.8 Å². The van der Waals surface area contributed by atoms with Gasteiger partial charge in [0, 0.05) is 19.1 Å². The van der Waals surface area contributed by atoms with Gasteiger partial charge in [-0.1, -0.05) is 0 Å². The fourth-order valence-electron chi connectivity index (χ4n) is 1.55. The predicted octanol–water partition coefficient (Wildman–Crippen LogP) is 0.991. The van der Waals surface area contributed by atoms with Crippen LogP contribution in [-0.4, -0.2) is 48.2 Å². The summed E-state index contributed by atoms with van der Waals surface area (Å²) < 4.78 is 4.99. The van der Waals surface area contributed by atoms with Crippen molar-refractivity contribution in [2.24, 2.45) is 0 Å². The van der Waals surface area contributed by atoms with Gasteiger partial charge in [-0.2, -0.15) is 0 Å². The minimum Gasteiger partial charge on any atom is -0.494 e. The third kappa shape index (κ3) is 3.06. The zero-order valence-corrected chi connectivity index (χ0v) is 9.81. The van der Waals surface area contributed by atoms with E-state index < -0.39 is 0 Å². The van der Waals surface area contributed by atoms with E-state index in [1.165, 1.54) is 12.8 Å². The molecule has 1 heterocycles. The van der Waals surface area contributed by atoms with Gasteiger partial charge >= 0.3 is 0 Å². The second-order valence-corrected chi connectivity index (χ2v) is 4.09. The van der Waals surface area contributed by atoms with E-state index in [2.05, 4.69) is 27.2 Å². The van der Waals surface area contributed by atoms with E-state index in [0.717, 1.165) is 19.1 Å². The zero-order valence-electron chi connectivity index (χ0n) is 9.81. The van der Waals surface area contributed by atoms with Crippen molar-refractivity contribution in [2.45, 2.75) is 18.9 Å². The summed E-state index contributed by atoms with van der Waals surface area (Å²) in [5, 5.41) is 3.19. The van der Waals surface area contributed by atoms with Gasteiger partial charge < -0.3 is 15.0 Å². The first kappa shape index (κ1) is 11.1. The summed E-state index contributed by atoms with van der Waals surface area (Å²) in [4.78, 5) is 10.7. The molecule has 16 heavy (non-hydrogen) atoms. The van der Waals surface area contributed by atoms with Crippen LogP contribution in [0.2, 0.25) is 0 Å². The molecule has 0 atom stereocenters. The number of aromatic nitrogens is 2. The van der Waals surface area contributed by atoms with E-state index in [4.69, 9.17) is 4.74 Å². The van der Waals surface area contributed by atoms with E-state index in [1.807, 2.05) is 0 Å². The Balaban J connectivity index is 1.71. The highest BCUT2D eigenvalue weighted by molar-refractivity contribution is 5.26. The molecule has 1 aromatic rings. The summed E-state index contributed by atoms with van der Waals surface area (Å²) in [6, 6.07) is 0.804. The van der Waals surface area contributed by atoms with Crippen molar-refractivity contribution in [2.75, 3.05) is 32.6 Å². The Hall–Kier alpha value is -1.36. The van der Waals surface area contributed by atoms with Gasteiger partial charge in [0.25, 0.3) is 0 Å². The molecule has 88 valence electrons. The number of ether oxygens (including phenoxy) is 1. The van der Waals surface area contributed by atoms with E-state index >= 15 is 0 Å². The molecule has 0 radical (unpaired) electrons. The Morgan fingerprint density at radius 1 is 1.44 bits per heavy atom. The topological polar surface area (TPSA) is 50.3 Å². The number of rotatable bonds is 6. The van der Waals surface area contributed by atoms with Gasteiger partial charge in [0.15, 0.2) is 5.75 Å². The molecule has 0 aromatic carbocycles.